The second kappa shape index (κ2) is 6.09. The monoisotopic (exact) mass is 273 g/mol. The molecule has 1 heterocycles. The van der Waals surface area contributed by atoms with Gasteiger partial charge in [0.05, 0.1) is 18.8 Å². The lowest BCUT2D eigenvalue weighted by molar-refractivity contribution is 0.355. The molecule has 4 nitrogen and oxygen atoms in total. The molecule has 20 heavy (non-hydrogen) atoms. The van der Waals surface area contributed by atoms with Crippen molar-refractivity contribution in [2.75, 3.05) is 7.11 Å². The lowest BCUT2D eigenvalue weighted by Crippen LogP contribution is -2.22. The van der Waals surface area contributed by atoms with Crippen molar-refractivity contribution in [3.8, 4) is 5.75 Å². The van der Waals surface area contributed by atoms with Crippen molar-refractivity contribution in [3.63, 3.8) is 0 Å². The van der Waals surface area contributed by atoms with Crippen molar-refractivity contribution < 1.29 is 4.74 Å². The number of aromatic nitrogens is 2. The molecular weight excluding hydrogens is 250 g/mol. The van der Waals surface area contributed by atoms with E-state index in [2.05, 4.69) is 49.5 Å². The van der Waals surface area contributed by atoms with Gasteiger partial charge in [-0.2, -0.15) is 5.10 Å². The fourth-order valence-corrected chi connectivity index (χ4v) is 1.91. The van der Waals surface area contributed by atoms with E-state index in [4.69, 9.17) is 4.74 Å². The first-order valence-electron chi connectivity index (χ1n) is 6.87. The van der Waals surface area contributed by atoms with Gasteiger partial charge in [0.15, 0.2) is 0 Å². The Hall–Kier alpha value is -1.81. The van der Waals surface area contributed by atoms with E-state index in [1.807, 2.05) is 23.0 Å². The molecule has 0 bridgehead atoms. The van der Waals surface area contributed by atoms with Crippen molar-refractivity contribution in [3.05, 3.63) is 47.8 Å². The maximum absolute atomic E-state index is 5.15. The molecule has 0 aliphatic carbocycles. The summed E-state index contributed by atoms with van der Waals surface area (Å²) < 4.78 is 7.14. The van der Waals surface area contributed by atoms with Gasteiger partial charge in [-0.1, -0.05) is 12.1 Å². The van der Waals surface area contributed by atoms with Crippen LogP contribution in [0.25, 0.3) is 0 Å². The third-order valence-corrected chi connectivity index (χ3v) is 3.14. The number of benzene rings is 1. The van der Waals surface area contributed by atoms with Gasteiger partial charge in [0.1, 0.15) is 5.75 Å². The summed E-state index contributed by atoms with van der Waals surface area (Å²) in [6.45, 7) is 8.10. The molecule has 0 spiro atoms. The van der Waals surface area contributed by atoms with Crippen molar-refractivity contribution >= 4 is 0 Å². The Labute approximate surface area is 120 Å². The van der Waals surface area contributed by atoms with E-state index >= 15 is 0 Å². The maximum Gasteiger partial charge on any atom is 0.118 e. The van der Waals surface area contributed by atoms with Gasteiger partial charge >= 0.3 is 0 Å². The van der Waals surface area contributed by atoms with Crippen LogP contribution in [0.3, 0.4) is 0 Å². The highest BCUT2D eigenvalue weighted by molar-refractivity contribution is 5.27. The summed E-state index contributed by atoms with van der Waals surface area (Å²) >= 11 is 0. The van der Waals surface area contributed by atoms with Crippen molar-refractivity contribution in [1.29, 1.82) is 0 Å². The quantitative estimate of drug-likeness (QED) is 0.910. The summed E-state index contributed by atoms with van der Waals surface area (Å²) in [6, 6.07) is 8.11. The first kappa shape index (κ1) is 14.6. The molecule has 0 aliphatic heterocycles. The molecule has 1 aromatic heterocycles. The predicted molar refractivity (Wildman–Crippen MR) is 80.8 cm³/mol. The van der Waals surface area contributed by atoms with Crippen LogP contribution in [0.5, 0.6) is 5.75 Å². The Kier molecular flexibility index (Phi) is 4.45. The molecule has 2 aromatic rings. The van der Waals surface area contributed by atoms with Crippen LogP contribution >= 0.6 is 0 Å². The number of methoxy groups -OCH3 is 1. The Morgan fingerprint density at radius 3 is 2.30 bits per heavy atom. The number of nitrogens with zero attached hydrogens (tertiary/aromatic N) is 2. The third-order valence-electron chi connectivity index (χ3n) is 3.14. The summed E-state index contributed by atoms with van der Waals surface area (Å²) in [5.74, 6) is 0.889. The van der Waals surface area contributed by atoms with Crippen molar-refractivity contribution in [2.24, 2.45) is 0 Å². The summed E-state index contributed by atoms with van der Waals surface area (Å²) in [4.78, 5) is 0. The highest BCUT2D eigenvalue weighted by Crippen LogP contribution is 2.13. The van der Waals surface area contributed by atoms with Crippen LogP contribution in [-0.2, 0) is 18.6 Å². The average molecular weight is 273 g/mol. The topological polar surface area (TPSA) is 39.1 Å². The van der Waals surface area contributed by atoms with E-state index in [0.717, 1.165) is 18.8 Å². The van der Waals surface area contributed by atoms with E-state index < -0.39 is 0 Å². The smallest absolute Gasteiger partial charge is 0.118 e. The molecule has 4 heteroatoms. The van der Waals surface area contributed by atoms with Gasteiger partial charge in [0, 0.05) is 24.8 Å². The van der Waals surface area contributed by atoms with Crippen LogP contribution in [0.2, 0.25) is 0 Å². The molecule has 1 aromatic carbocycles. The highest BCUT2D eigenvalue weighted by Gasteiger charge is 2.13. The minimum atomic E-state index is 0.0359. The van der Waals surface area contributed by atoms with Crippen molar-refractivity contribution in [1.82, 2.24) is 15.1 Å². The molecule has 0 saturated carbocycles. The largest absolute Gasteiger partial charge is 0.497 e. The number of rotatable bonds is 5. The second-order valence-corrected chi connectivity index (χ2v) is 5.92. The van der Waals surface area contributed by atoms with E-state index in [1.54, 1.807) is 7.11 Å². The molecule has 0 aliphatic rings. The van der Waals surface area contributed by atoms with Gasteiger partial charge in [-0.3, -0.25) is 4.68 Å². The standard InChI is InChI=1S/C16H23N3O/c1-16(2,3)19-12-14(11-18-19)10-17-9-13-5-7-15(20-4)8-6-13/h5-8,11-12,17H,9-10H2,1-4H3. The van der Waals surface area contributed by atoms with Gasteiger partial charge < -0.3 is 10.1 Å². The van der Waals surface area contributed by atoms with Crippen LogP contribution in [0.15, 0.2) is 36.7 Å². The zero-order valence-corrected chi connectivity index (χ0v) is 12.7. The number of hydrogen-bond acceptors (Lipinski definition) is 3. The van der Waals surface area contributed by atoms with E-state index in [1.165, 1.54) is 11.1 Å². The van der Waals surface area contributed by atoms with E-state index in [9.17, 15) is 0 Å². The zero-order chi connectivity index (χ0) is 14.6. The SMILES string of the molecule is COc1ccc(CNCc2cnn(C(C)(C)C)c2)cc1. The van der Waals surface area contributed by atoms with Crippen LogP contribution in [-0.4, -0.2) is 16.9 Å². The summed E-state index contributed by atoms with van der Waals surface area (Å²) in [7, 11) is 1.68. The molecule has 2 rings (SSSR count). The normalized spacial score (nSPS) is 11.6. The predicted octanol–water partition coefficient (Wildman–Crippen LogP) is 2.94. The zero-order valence-electron chi connectivity index (χ0n) is 12.7. The second-order valence-electron chi connectivity index (χ2n) is 5.92. The lowest BCUT2D eigenvalue weighted by Gasteiger charge is -2.18. The highest BCUT2D eigenvalue weighted by atomic mass is 16.5. The molecule has 0 atom stereocenters. The van der Waals surface area contributed by atoms with Gasteiger partial charge in [0.25, 0.3) is 0 Å². The van der Waals surface area contributed by atoms with Crippen LogP contribution in [0, 0.1) is 0 Å². The van der Waals surface area contributed by atoms with Gasteiger partial charge in [-0.05, 0) is 38.5 Å². The molecule has 0 saturated heterocycles. The minimum absolute atomic E-state index is 0.0359. The summed E-state index contributed by atoms with van der Waals surface area (Å²) in [5, 5.41) is 7.82. The first-order chi connectivity index (χ1) is 9.49. The van der Waals surface area contributed by atoms with Crippen LogP contribution < -0.4 is 10.1 Å². The first-order valence-corrected chi connectivity index (χ1v) is 6.87. The minimum Gasteiger partial charge on any atom is -0.497 e. The van der Waals surface area contributed by atoms with Crippen molar-refractivity contribution in [2.45, 2.75) is 39.4 Å². The number of nitrogens with one attached hydrogen (secondary N) is 1. The average Bonchev–Trinajstić information content (AvgIpc) is 2.88. The molecular formula is C16H23N3O. The molecule has 0 amide bonds. The maximum atomic E-state index is 5.15. The van der Waals surface area contributed by atoms with Gasteiger partial charge in [-0.25, -0.2) is 0 Å². The van der Waals surface area contributed by atoms with Gasteiger partial charge in [0.2, 0.25) is 0 Å². The number of ether oxygens (including phenoxy) is 1. The summed E-state index contributed by atoms with van der Waals surface area (Å²) in [6.07, 6.45) is 4.02. The Bertz CT molecular complexity index is 538. The van der Waals surface area contributed by atoms with Crippen LogP contribution in [0.4, 0.5) is 0 Å². The number of hydrogen-bond donors (Lipinski definition) is 1. The molecule has 0 unspecified atom stereocenters. The van der Waals surface area contributed by atoms with Gasteiger partial charge in [-0.15, -0.1) is 0 Å². The molecule has 0 radical (unpaired) electrons. The Balaban J connectivity index is 1.84. The third kappa shape index (κ3) is 3.84. The van der Waals surface area contributed by atoms with E-state index in [0.29, 0.717) is 0 Å². The Morgan fingerprint density at radius 2 is 1.75 bits per heavy atom. The fraction of sp³-hybridized carbons (Fsp3) is 0.438. The lowest BCUT2D eigenvalue weighted by atomic mass is 10.1. The molecule has 1 N–H and O–H groups in total. The molecule has 0 fully saturated rings. The van der Waals surface area contributed by atoms with E-state index in [-0.39, 0.29) is 5.54 Å². The fourth-order valence-electron chi connectivity index (χ4n) is 1.91. The summed E-state index contributed by atoms with van der Waals surface area (Å²) in [5.41, 5.74) is 2.48. The Morgan fingerprint density at radius 1 is 1.10 bits per heavy atom. The molecule has 108 valence electrons. The van der Waals surface area contributed by atoms with Crippen LogP contribution in [0.1, 0.15) is 31.9 Å².